The summed E-state index contributed by atoms with van der Waals surface area (Å²) >= 11 is 0. The molecule has 0 saturated carbocycles. The van der Waals surface area contributed by atoms with Crippen molar-refractivity contribution in [2.75, 3.05) is 0 Å². The average molecular weight is 227 g/mol. The van der Waals surface area contributed by atoms with Gasteiger partial charge in [-0.15, -0.1) is 0 Å². The SMILES string of the molecule is CCCCCCCC/C(=C/C(=O)O)C(N)=O. The Morgan fingerprint density at radius 3 is 2.19 bits per heavy atom. The van der Waals surface area contributed by atoms with Crippen molar-refractivity contribution in [3.8, 4) is 0 Å². The molecule has 0 aliphatic heterocycles. The highest BCUT2D eigenvalue weighted by Gasteiger charge is 2.06. The monoisotopic (exact) mass is 227 g/mol. The smallest absolute Gasteiger partial charge is 0.328 e. The van der Waals surface area contributed by atoms with Crippen LogP contribution in [0.25, 0.3) is 0 Å². The van der Waals surface area contributed by atoms with Crippen molar-refractivity contribution in [3.63, 3.8) is 0 Å². The van der Waals surface area contributed by atoms with Crippen LogP contribution in [0.2, 0.25) is 0 Å². The molecule has 0 aromatic rings. The molecule has 0 aromatic carbocycles. The van der Waals surface area contributed by atoms with Crippen LogP contribution < -0.4 is 5.73 Å². The van der Waals surface area contributed by atoms with Crippen molar-refractivity contribution in [1.29, 1.82) is 0 Å². The summed E-state index contributed by atoms with van der Waals surface area (Å²) in [7, 11) is 0. The normalized spacial score (nSPS) is 11.4. The Morgan fingerprint density at radius 2 is 1.69 bits per heavy atom. The molecule has 0 aliphatic rings. The molecule has 0 aliphatic carbocycles. The zero-order chi connectivity index (χ0) is 12.4. The quantitative estimate of drug-likeness (QED) is 0.468. The lowest BCUT2D eigenvalue weighted by Gasteiger charge is -2.02. The largest absolute Gasteiger partial charge is 0.478 e. The molecular formula is C12H21NO3. The maximum absolute atomic E-state index is 10.9. The van der Waals surface area contributed by atoms with Crippen LogP contribution in [0.15, 0.2) is 11.6 Å². The summed E-state index contributed by atoms with van der Waals surface area (Å²) in [6.07, 6.45) is 7.98. The molecule has 0 atom stereocenters. The van der Waals surface area contributed by atoms with E-state index in [2.05, 4.69) is 6.92 Å². The summed E-state index contributed by atoms with van der Waals surface area (Å²) in [5.41, 5.74) is 5.29. The number of hydrogen-bond donors (Lipinski definition) is 2. The van der Waals surface area contributed by atoms with Crippen molar-refractivity contribution in [2.24, 2.45) is 5.73 Å². The summed E-state index contributed by atoms with van der Waals surface area (Å²) in [6, 6.07) is 0. The van der Waals surface area contributed by atoms with Crippen LogP contribution >= 0.6 is 0 Å². The highest BCUT2D eigenvalue weighted by atomic mass is 16.4. The molecule has 0 aromatic heterocycles. The second-order valence-corrected chi connectivity index (χ2v) is 3.89. The minimum atomic E-state index is -1.11. The molecule has 0 bridgehead atoms. The van der Waals surface area contributed by atoms with E-state index in [9.17, 15) is 9.59 Å². The standard InChI is InChI=1S/C12H21NO3/c1-2-3-4-5-6-7-8-10(12(13)16)9-11(14)15/h9H,2-8H2,1H3,(H2,13,16)(H,14,15)/b10-9-. The molecule has 0 rings (SSSR count). The van der Waals surface area contributed by atoms with Crippen molar-refractivity contribution < 1.29 is 14.7 Å². The summed E-state index contributed by atoms with van der Waals surface area (Å²) in [5, 5.41) is 8.52. The summed E-state index contributed by atoms with van der Waals surface area (Å²) in [5.74, 6) is -1.74. The van der Waals surface area contributed by atoms with E-state index < -0.39 is 11.9 Å². The van der Waals surface area contributed by atoms with E-state index in [4.69, 9.17) is 10.8 Å². The number of amides is 1. The second-order valence-electron chi connectivity index (χ2n) is 3.89. The van der Waals surface area contributed by atoms with Crippen molar-refractivity contribution >= 4 is 11.9 Å². The van der Waals surface area contributed by atoms with E-state index in [0.717, 1.165) is 25.3 Å². The number of nitrogens with two attached hydrogens (primary N) is 1. The van der Waals surface area contributed by atoms with Gasteiger partial charge < -0.3 is 10.8 Å². The molecule has 4 heteroatoms. The Labute approximate surface area is 96.5 Å². The lowest BCUT2D eigenvalue weighted by atomic mass is 10.0. The van der Waals surface area contributed by atoms with E-state index in [1.165, 1.54) is 19.3 Å². The highest BCUT2D eigenvalue weighted by molar-refractivity contribution is 5.97. The van der Waals surface area contributed by atoms with Gasteiger partial charge in [0.15, 0.2) is 0 Å². The topological polar surface area (TPSA) is 80.4 Å². The van der Waals surface area contributed by atoms with E-state index in [1.807, 2.05) is 0 Å². The number of hydrogen-bond acceptors (Lipinski definition) is 2. The van der Waals surface area contributed by atoms with Crippen molar-refractivity contribution in [3.05, 3.63) is 11.6 Å². The van der Waals surface area contributed by atoms with Crippen LogP contribution in [0.3, 0.4) is 0 Å². The van der Waals surface area contributed by atoms with Crippen molar-refractivity contribution in [1.82, 2.24) is 0 Å². The lowest BCUT2D eigenvalue weighted by Crippen LogP contribution is -2.15. The molecule has 0 saturated heterocycles. The Bertz CT molecular complexity index is 259. The third-order valence-electron chi connectivity index (χ3n) is 2.41. The summed E-state index contributed by atoms with van der Waals surface area (Å²) in [4.78, 5) is 21.3. The first-order valence-electron chi connectivity index (χ1n) is 5.81. The van der Waals surface area contributed by atoms with Gasteiger partial charge in [-0.25, -0.2) is 4.79 Å². The van der Waals surface area contributed by atoms with E-state index >= 15 is 0 Å². The van der Waals surface area contributed by atoms with Crippen LogP contribution in [0.1, 0.15) is 51.9 Å². The Kier molecular flexibility index (Phi) is 8.21. The van der Waals surface area contributed by atoms with Gasteiger partial charge >= 0.3 is 5.97 Å². The van der Waals surface area contributed by atoms with Gasteiger partial charge in [0.2, 0.25) is 5.91 Å². The minimum absolute atomic E-state index is 0.211. The van der Waals surface area contributed by atoms with Gasteiger partial charge in [-0.1, -0.05) is 39.0 Å². The summed E-state index contributed by atoms with van der Waals surface area (Å²) < 4.78 is 0. The van der Waals surface area contributed by atoms with Crippen LogP contribution in [0, 0.1) is 0 Å². The molecular weight excluding hydrogens is 206 g/mol. The van der Waals surface area contributed by atoms with Gasteiger partial charge in [-0.3, -0.25) is 4.79 Å². The number of unbranched alkanes of at least 4 members (excludes halogenated alkanes) is 5. The molecule has 92 valence electrons. The van der Waals surface area contributed by atoms with E-state index in [0.29, 0.717) is 6.42 Å². The third-order valence-corrected chi connectivity index (χ3v) is 2.41. The second kappa shape index (κ2) is 8.95. The van der Waals surface area contributed by atoms with Crippen LogP contribution in [0.5, 0.6) is 0 Å². The molecule has 0 fully saturated rings. The van der Waals surface area contributed by atoms with Gasteiger partial charge in [0.25, 0.3) is 0 Å². The first kappa shape index (κ1) is 14.7. The number of aliphatic carboxylic acids is 1. The molecule has 0 unspecified atom stereocenters. The Morgan fingerprint density at radius 1 is 1.12 bits per heavy atom. The number of carboxylic acid groups (broad SMARTS) is 1. The summed E-state index contributed by atoms with van der Waals surface area (Å²) in [6.45, 7) is 2.15. The first-order chi connectivity index (χ1) is 7.57. The molecule has 4 nitrogen and oxygen atoms in total. The fraction of sp³-hybridized carbons (Fsp3) is 0.667. The van der Waals surface area contributed by atoms with Gasteiger partial charge in [0.05, 0.1) is 0 Å². The maximum atomic E-state index is 10.9. The zero-order valence-electron chi connectivity index (χ0n) is 9.87. The van der Waals surface area contributed by atoms with E-state index in [1.54, 1.807) is 0 Å². The van der Waals surface area contributed by atoms with Gasteiger partial charge in [0, 0.05) is 11.6 Å². The highest BCUT2D eigenvalue weighted by Crippen LogP contribution is 2.11. The molecule has 1 amide bonds. The molecule has 0 radical (unpaired) electrons. The van der Waals surface area contributed by atoms with Gasteiger partial charge in [-0.2, -0.15) is 0 Å². The van der Waals surface area contributed by atoms with Crippen molar-refractivity contribution in [2.45, 2.75) is 51.9 Å². The number of primary amides is 1. The molecule has 16 heavy (non-hydrogen) atoms. The maximum Gasteiger partial charge on any atom is 0.328 e. The molecule has 3 N–H and O–H groups in total. The first-order valence-corrected chi connectivity index (χ1v) is 5.81. The van der Waals surface area contributed by atoms with Crippen LogP contribution in [0.4, 0.5) is 0 Å². The van der Waals surface area contributed by atoms with Crippen LogP contribution in [-0.4, -0.2) is 17.0 Å². The van der Waals surface area contributed by atoms with Gasteiger partial charge in [0.1, 0.15) is 0 Å². The minimum Gasteiger partial charge on any atom is -0.478 e. The number of rotatable bonds is 9. The Hall–Kier alpha value is -1.32. The third kappa shape index (κ3) is 8.03. The number of carbonyl (C=O) groups excluding carboxylic acids is 1. The van der Waals surface area contributed by atoms with Gasteiger partial charge in [-0.05, 0) is 12.8 Å². The fourth-order valence-electron chi connectivity index (χ4n) is 1.51. The fourth-order valence-corrected chi connectivity index (χ4v) is 1.51. The number of carboxylic acids is 1. The van der Waals surface area contributed by atoms with E-state index in [-0.39, 0.29) is 5.57 Å². The molecule has 0 spiro atoms. The Balaban J connectivity index is 3.78. The zero-order valence-corrected chi connectivity index (χ0v) is 9.87. The predicted octanol–water partition coefficient (Wildman–Crippen LogP) is 2.23. The number of carbonyl (C=O) groups is 2. The predicted molar refractivity (Wildman–Crippen MR) is 62.9 cm³/mol. The average Bonchev–Trinajstić information content (AvgIpc) is 2.20. The van der Waals surface area contributed by atoms with Crippen LogP contribution in [-0.2, 0) is 9.59 Å². The molecule has 0 heterocycles. The lowest BCUT2D eigenvalue weighted by molar-refractivity contribution is -0.131.